The van der Waals surface area contributed by atoms with Crippen molar-refractivity contribution in [3.8, 4) is 22.3 Å². The molecule has 6 rings (SSSR count). The van der Waals surface area contributed by atoms with Crippen molar-refractivity contribution in [2.75, 3.05) is 0 Å². The zero-order chi connectivity index (χ0) is 21.0. The fourth-order valence-corrected chi connectivity index (χ4v) is 11.5. The van der Waals surface area contributed by atoms with Crippen molar-refractivity contribution in [3.63, 3.8) is 0 Å². The molecule has 0 bridgehead atoms. The van der Waals surface area contributed by atoms with Gasteiger partial charge in [0.15, 0.2) is 0 Å². The normalized spacial score (nSPS) is 13.7. The second kappa shape index (κ2) is 10.5. The third kappa shape index (κ3) is 3.84. The Bertz CT molecular complexity index is 1160. The number of hydrogen-bond donors (Lipinski definition) is 0. The van der Waals surface area contributed by atoms with Gasteiger partial charge in [0.25, 0.3) is 0 Å². The molecule has 0 spiro atoms. The second-order valence-electron chi connectivity index (χ2n) is 9.08. The molecule has 0 amide bonds. The van der Waals surface area contributed by atoms with Gasteiger partial charge in [-0.25, -0.2) is 0 Å². The Morgan fingerprint density at radius 3 is 1.06 bits per heavy atom. The van der Waals surface area contributed by atoms with Gasteiger partial charge in [-0.15, -0.1) is 24.8 Å². The summed E-state index contributed by atoms with van der Waals surface area (Å²) in [6.45, 7) is 4.81. The Kier molecular flexibility index (Phi) is 8.31. The molecule has 0 unspecified atom stereocenters. The van der Waals surface area contributed by atoms with Gasteiger partial charge in [-0.3, -0.25) is 0 Å². The van der Waals surface area contributed by atoms with Gasteiger partial charge in [0.2, 0.25) is 0 Å². The van der Waals surface area contributed by atoms with Crippen molar-refractivity contribution < 1.29 is 26.2 Å². The first-order valence-electron chi connectivity index (χ1n) is 11.2. The molecule has 0 atom stereocenters. The summed E-state index contributed by atoms with van der Waals surface area (Å²) in [6.07, 6.45) is 2.32. The van der Waals surface area contributed by atoms with Gasteiger partial charge in [-0.1, -0.05) is 115 Å². The van der Waals surface area contributed by atoms with Gasteiger partial charge in [-0.05, 0) is 51.4 Å². The van der Waals surface area contributed by atoms with Crippen LogP contribution in [0, 0.1) is 0 Å². The third-order valence-corrected chi connectivity index (χ3v) is 12.2. The molecule has 4 heteroatoms. The van der Waals surface area contributed by atoms with E-state index < -0.39 is 8.07 Å². The van der Waals surface area contributed by atoms with E-state index in [9.17, 15) is 0 Å². The van der Waals surface area contributed by atoms with Crippen molar-refractivity contribution in [2.24, 2.45) is 0 Å². The van der Waals surface area contributed by atoms with Crippen LogP contribution in [0.2, 0.25) is 6.55 Å². The van der Waals surface area contributed by atoms with Gasteiger partial charge in [0.05, 0.1) is 8.07 Å². The standard InChI is InChI=1S/C30H26Si.2ClH.Zr/c1-3-20-31(2,29-25-16-8-4-12-21(25)22-13-5-9-17-26(22)29)30-27-18-10-6-14-23(27)24-15-7-11-19-28(24)30;;;/h3-20,29-30H,1-2H3;2*1H;/b20-3-;;;. The molecule has 0 heterocycles. The molecular formula is C30H28Cl2SiZr. The summed E-state index contributed by atoms with van der Waals surface area (Å²) in [6, 6.07) is 36.4. The quantitative estimate of drug-likeness (QED) is 0.213. The smallest absolute Gasteiger partial charge is 0.0986 e. The van der Waals surface area contributed by atoms with Crippen molar-refractivity contribution in [1.29, 1.82) is 0 Å². The first-order valence-corrected chi connectivity index (χ1v) is 14.0. The first kappa shape index (κ1) is 26.9. The molecule has 170 valence electrons. The van der Waals surface area contributed by atoms with Crippen LogP contribution in [0.3, 0.4) is 0 Å². The maximum atomic E-state index is 2.61. The fraction of sp³-hybridized carbons (Fsp3) is 0.133. The second-order valence-corrected chi connectivity index (χ2v) is 13.3. The average Bonchev–Trinajstić information content (AvgIpc) is 3.33. The molecule has 2 aliphatic rings. The molecule has 4 aromatic carbocycles. The van der Waals surface area contributed by atoms with E-state index in [1.165, 1.54) is 44.5 Å². The summed E-state index contributed by atoms with van der Waals surface area (Å²) >= 11 is 0. The van der Waals surface area contributed by atoms with E-state index in [0.717, 1.165) is 0 Å². The van der Waals surface area contributed by atoms with Crippen LogP contribution in [0.25, 0.3) is 22.3 Å². The molecule has 0 nitrogen and oxygen atoms in total. The van der Waals surface area contributed by atoms with Crippen molar-refractivity contribution in [3.05, 3.63) is 131 Å². The summed E-state index contributed by atoms with van der Waals surface area (Å²) in [7, 11) is -2.07. The van der Waals surface area contributed by atoms with E-state index in [-0.39, 0.29) is 51.0 Å². The Morgan fingerprint density at radius 1 is 0.529 bits per heavy atom. The summed E-state index contributed by atoms with van der Waals surface area (Å²) < 4.78 is 0. The number of hydrogen-bond acceptors (Lipinski definition) is 0. The molecule has 0 N–H and O–H groups in total. The van der Waals surface area contributed by atoms with Crippen LogP contribution in [0.4, 0.5) is 0 Å². The Morgan fingerprint density at radius 2 is 0.794 bits per heavy atom. The Balaban J connectivity index is 0.00000108. The summed E-state index contributed by atoms with van der Waals surface area (Å²) in [4.78, 5) is 0. The van der Waals surface area contributed by atoms with Gasteiger partial charge >= 0.3 is 0 Å². The molecule has 34 heavy (non-hydrogen) atoms. The number of fused-ring (bicyclic) bond motifs is 6. The first-order chi connectivity index (χ1) is 15.2. The van der Waals surface area contributed by atoms with Crippen LogP contribution in [0.15, 0.2) is 109 Å². The fourth-order valence-electron chi connectivity index (χ4n) is 6.37. The minimum atomic E-state index is -2.07. The minimum absolute atomic E-state index is 0. The summed E-state index contributed by atoms with van der Waals surface area (Å²) in [5, 5.41) is 0. The zero-order valence-corrected chi connectivity index (χ0v) is 24.5. The zero-order valence-electron chi connectivity index (χ0n) is 19.4. The molecular weight excluding hydrogens is 551 g/mol. The molecule has 0 saturated heterocycles. The van der Waals surface area contributed by atoms with Crippen LogP contribution >= 0.6 is 24.8 Å². The van der Waals surface area contributed by atoms with E-state index in [0.29, 0.717) is 11.1 Å². The van der Waals surface area contributed by atoms with E-state index in [1.807, 2.05) is 0 Å². The molecule has 2 aliphatic carbocycles. The predicted molar refractivity (Wildman–Crippen MR) is 148 cm³/mol. The average molecular weight is 579 g/mol. The Hall–Kier alpha value is -1.70. The van der Waals surface area contributed by atoms with Gasteiger partial charge < -0.3 is 0 Å². The predicted octanol–water partition coefficient (Wildman–Crippen LogP) is 8.72. The van der Waals surface area contributed by atoms with Crippen molar-refractivity contribution in [2.45, 2.75) is 24.6 Å². The number of halogens is 2. The van der Waals surface area contributed by atoms with Crippen LogP contribution in [-0.4, -0.2) is 8.07 Å². The SMILES string of the molecule is C/C=C\[Si](C)(C1c2ccccc2-c2ccccc21)C1c2ccccc2-c2ccccc21.Cl.Cl.[Zr]. The molecule has 0 fully saturated rings. The molecule has 4 aromatic rings. The van der Waals surface area contributed by atoms with Crippen LogP contribution in [-0.2, 0) is 26.2 Å². The largest absolute Gasteiger partial charge is 0.147 e. The van der Waals surface area contributed by atoms with Crippen molar-refractivity contribution in [1.82, 2.24) is 0 Å². The Labute approximate surface area is 235 Å². The van der Waals surface area contributed by atoms with Crippen molar-refractivity contribution >= 4 is 32.9 Å². The monoisotopic (exact) mass is 576 g/mol. The van der Waals surface area contributed by atoms with E-state index in [2.05, 4.69) is 122 Å². The number of allylic oxidation sites excluding steroid dienone is 1. The van der Waals surface area contributed by atoms with Crippen LogP contribution < -0.4 is 0 Å². The molecule has 0 saturated carbocycles. The maximum Gasteiger partial charge on any atom is 0.0986 e. The van der Waals surface area contributed by atoms with E-state index >= 15 is 0 Å². The maximum absolute atomic E-state index is 2.61. The minimum Gasteiger partial charge on any atom is -0.147 e. The van der Waals surface area contributed by atoms with Gasteiger partial charge in [-0.2, -0.15) is 0 Å². The molecule has 0 radical (unpaired) electrons. The number of benzene rings is 4. The van der Waals surface area contributed by atoms with Crippen LogP contribution in [0.5, 0.6) is 0 Å². The summed E-state index contributed by atoms with van der Waals surface area (Å²) in [5.74, 6) is 0. The van der Waals surface area contributed by atoms with E-state index in [4.69, 9.17) is 0 Å². The topological polar surface area (TPSA) is 0 Å². The van der Waals surface area contributed by atoms with Crippen LogP contribution in [0.1, 0.15) is 40.3 Å². The molecule has 0 aliphatic heterocycles. The van der Waals surface area contributed by atoms with Gasteiger partial charge in [0.1, 0.15) is 0 Å². The van der Waals surface area contributed by atoms with Gasteiger partial charge in [0, 0.05) is 37.3 Å². The summed E-state index contributed by atoms with van der Waals surface area (Å²) in [5.41, 5.74) is 15.2. The van der Waals surface area contributed by atoms with E-state index in [1.54, 1.807) is 0 Å². The molecule has 0 aromatic heterocycles. The number of rotatable bonds is 3. The third-order valence-electron chi connectivity index (χ3n) is 7.44.